The highest BCUT2D eigenvalue weighted by molar-refractivity contribution is 4.70. The molecule has 0 spiro atoms. The Morgan fingerprint density at radius 3 is 2.42 bits per heavy atom. The number of rotatable bonds is 6. The molecule has 0 rings (SSSR count). The first kappa shape index (κ1) is 11.2. The molecule has 0 aliphatic heterocycles. The van der Waals surface area contributed by atoms with Gasteiger partial charge in [-0.1, -0.05) is 26.7 Å². The molecule has 72 valence electrons. The molecule has 0 N–H and O–H groups in total. The smallest absolute Gasteiger partial charge is 0.295 e. The van der Waals surface area contributed by atoms with Crippen LogP contribution in [0.4, 0.5) is 0 Å². The Morgan fingerprint density at radius 2 is 2.08 bits per heavy atom. The normalized spacial score (nSPS) is 15.2. The van der Waals surface area contributed by atoms with Gasteiger partial charge < -0.3 is 4.84 Å². The molecule has 0 aromatic carbocycles. The number of hydrogen-bond donors (Lipinski definition) is 0. The van der Waals surface area contributed by atoms with E-state index in [-0.39, 0.29) is 0 Å². The number of unbranched alkanes of at least 4 members (excludes halogenated alkanes) is 1. The fourth-order valence-corrected chi connectivity index (χ4v) is 1.02. The molecule has 1 atom stereocenters. The lowest BCUT2D eigenvalue weighted by atomic mass is 9.96. The predicted octanol–water partition coefficient (Wildman–Crippen LogP) is 2.55. The van der Waals surface area contributed by atoms with Crippen molar-refractivity contribution < 1.29 is 9.92 Å². The van der Waals surface area contributed by atoms with Gasteiger partial charge in [0.25, 0.3) is 5.09 Å². The second-order valence-electron chi connectivity index (χ2n) is 3.22. The molecule has 0 aromatic heterocycles. The molecule has 0 fully saturated rings. The van der Waals surface area contributed by atoms with E-state index in [2.05, 4.69) is 11.8 Å². The van der Waals surface area contributed by atoms with Crippen LogP contribution >= 0.6 is 0 Å². The van der Waals surface area contributed by atoms with E-state index < -0.39 is 10.7 Å². The molecule has 0 saturated carbocycles. The standard InChI is InChI=1S/C8H17NO3/c1-4-6-7-8(3,5-2)12-9(10)11/h4-7H2,1-3H3. The van der Waals surface area contributed by atoms with Crippen LogP contribution in [0.2, 0.25) is 0 Å². The van der Waals surface area contributed by atoms with E-state index in [1.165, 1.54) is 0 Å². The van der Waals surface area contributed by atoms with Crippen molar-refractivity contribution in [2.24, 2.45) is 0 Å². The first-order valence-corrected chi connectivity index (χ1v) is 4.37. The summed E-state index contributed by atoms with van der Waals surface area (Å²) in [7, 11) is 0. The van der Waals surface area contributed by atoms with Gasteiger partial charge in [0, 0.05) is 0 Å². The first-order chi connectivity index (χ1) is 5.54. The lowest BCUT2D eigenvalue weighted by Gasteiger charge is -2.24. The largest absolute Gasteiger partial charge is 0.308 e. The van der Waals surface area contributed by atoms with Gasteiger partial charge in [-0.25, -0.2) is 0 Å². The second kappa shape index (κ2) is 4.95. The Kier molecular flexibility index (Phi) is 4.62. The van der Waals surface area contributed by atoms with Crippen LogP contribution in [0, 0.1) is 10.1 Å². The van der Waals surface area contributed by atoms with E-state index in [0.29, 0.717) is 6.42 Å². The van der Waals surface area contributed by atoms with Crippen molar-refractivity contribution in [1.82, 2.24) is 0 Å². The summed E-state index contributed by atoms with van der Waals surface area (Å²) < 4.78 is 0. The van der Waals surface area contributed by atoms with Gasteiger partial charge in [-0.3, -0.25) is 0 Å². The van der Waals surface area contributed by atoms with Crippen molar-refractivity contribution in [3.63, 3.8) is 0 Å². The Hall–Kier alpha value is -0.800. The third-order valence-corrected chi connectivity index (χ3v) is 2.10. The Balaban J connectivity index is 3.95. The van der Waals surface area contributed by atoms with Gasteiger partial charge in [-0.15, -0.1) is 10.1 Å². The SMILES string of the molecule is CCCCC(C)(CC)O[N+](=O)[O-]. The highest BCUT2D eigenvalue weighted by Gasteiger charge is 2.25. The quantitative estimate of drug-likeness (QED) is 0.460. The van der Waals surface area contributed by atoms with Gasteiger partial charge in [0.2, 0.25) is 0 Å². The lowest BCUT2D eigenvalue weighted by Crippen LogP contribution is -2.30. The zero-order valence-electron chi connectivity index (χ0n) is 8.00. The molecule has 0 amide bonds. The van der Waals surface area contributed by atoms with Gasteiger partial charge in [0.05, 0.1) is 0 Å². The molecule has 4 heteroatoms. The van der Waals surface area contributed by atoms with Crippen molar-refractivity contribution in [1.29, 1.82) is 0 Å². The van der Waals surface area contributed by atoms with Gasteiger partial charge in [-0.05, 0) is 19.8 Å². The van der Waals surface area contributed by atoms with Gasteiger partial charge in [0.15, 0.2) is 0 Å². The zero-order valence-corrected chi connectivity index (χ0v) is 8.00. The maximum absolute atomic E-state index is 10.1. The maximum atomic E-state index is 10.1. The summed E-state index contributed by atoms with van der Waals surface area (Å²) in [5, 5.41) is 9.43. The average Bonchev–Trinajstić information content (AvgIpc) is 2.00. The van der Waals surface area contributed by atoms with Crippen LogP contribution in [-0.4, -0.2) is 10.7 Å². The van der Waals surface area contributed by atoms with E-state index in [4.69, 9.17) is 0 Å². The Morgan fingerprint density at radius 1 is 1.50 bits per heavy atom. The van der Waals surface area contributed by atoms with Crippen LogP contribution in [0.3, 0.4) is 0 Å². The molecule has 0 bridgehead atoms. The summed E-state index contributed by atoms with van der Waals surface area (Å²) in [4.78, 5) is 14.7. The number of hydrogen-bond acceptors (Lipinski definition) is 3. The first-order valence-electron chi connectivity index (χ1n) is 4.37. The second-order valence-corrected chi connectivity index (χ2v) is 3.22. The fraction of sp³-hybridized carbons (Fsp3) is 1.00. The molecule has 0 aliphatic rings. The molecule has 0 aromatic rings. The highest BCUT2D eigenvalue weighted by Crippen LogP contribution is 2.22. The minimum atomic E-state index is -0.695. The van der Waals surface area contributed by atoms with Crippen LogP contribution in [0.25, 0.3) is 0 Å². The monoisotopic (exact) mass is 175 g/mol. The van der Waals surface area contributed by atoms with Crippen LogP contribution in [-0.2, 0) is 4.84 Å². The molecule has 1 unspecified atom stereocenters. The van der Waals surface area contributed by atoms with Gasteiger partial charge in [0.1, 0.15) is 5.60 Å². The minimum Gasteiger partial charge on any atom is -0.308 e. The molecular formula is C8H17NO3. The molecule has 0 radical (unpaired) electrons. The highest BCUT2D eigenvalue weighted by atomic mass is 17.0. The molecular weight excluding hydrogens is 158 g/mol. The summed E-state index contributed by atoms with van der Waals surface area (Å²) in [5.74, 6) is 0. The third-order valence-electron chi connectivity index (χ3n) is 2.10. The van der Waals surface area contributed by atoms with E-state index in [1.807, 2.05) is 6.92 Å². The summed E-state index contributed by atoms with van der Waals surface area (Å²) >= 11 is 0. The van der Waals surface area contributed by atoms with E-state index in [1.54, 1.807) is 6.92 Å². The van der Waals surface area contributed by atoms with Crippen LogP contribution in [0.15, 0.2) is 0 Å². The van der Waals surface area contributed by atoms with Crippen molar-refractivity contribution in [2.45, 2.75) is 52.1 Å². The summed E-state index contributed by atoms with van der Waals surface area (Å²) in [6.45, 7) is 5.74. The van der Waals surface area contributed by atoms with Crippen LogP contribution < -0.4 is 0 Å². The topological polar surface area (TPSA) is 52.4 Å². The molecule has 12 heavy (non-hydrogen) atoms. The summed E-state index contributed by atoms with van der Waals surface area (Å²) in [6, 6.07) is 0. The van der Waals surface area contributed by atoms with E-state index >= 15 is 0 Å². The van der Waals surface area contributed by atoms with E-state index in [0.717, 1.165) is 19.3 Å². The van der Waals surface area contributed by atoms with Crippen LogP contribution in [0.1, 0.15) is 46.5 Å². The zero-order chi connectivity index (χ0) is 9.61. The van der Waals surface area contributed by atoms with Crippen molar-refractivity contribution in [3.8, 4) is 0 Å². The third kappa shape index (κ3) is 4.16. The van der Waals surface area contributed by atoms with Crippen molar-refractivity contribution >= 4 is 0 Å². The Labute approximate surface area is 73.0 Å². The number of nitrogens with zero attached hydrogens (tertiary/aromatic N) is 1. The van der Waals surface area contributed by atoms with Gasteiger partial charge >= 0.3 is 0 Å². The molecule has 4 nitrogen and oxygen atoms in total. The average molecular weight is 175 g/mol. The molecule has 0 saturated heterocycles. The molecule has 0 aliphatic carbocycles. The summed E-state index contributed by atoms with van der Waals surface area (Å²) in [6.07, 6.45) is 3.43. The lowest BCUT2D eigenvalue weighted by molar-refractivity contribution is -0.780. The predicted molar refractivity (Wildman–Crippen MR) is 46.3 cm³/mol. The van der Waals surface area contributed by atoms with Crippen LogP contribution in [0.5, 0.6) is 0 Å². The molecule has 0 heterocycles. The van der Waals surface area contributed by atoms with E-state index in [9.17, 15) is 10.1 Å². The Bertz CT molecular complexity index is 149. The maximum Gasteiger partial charge on any atom is 0.295 e. The van der Waals surface area contributed by atoms with Gasteiger partial charge in [-0.2, -0.15) is 0 Å². The summed E-state index contributed by atoms with van der Waals surface area (Å²) in [5.41, 5.74) is -0.584. The fourth-order valence-electron chi connectivity index (χ4n) is 1.02. The van der Waals surface area contributed by atoms with Crippen molar-refractivity contribution in [3.05, 3.63) is 10.1 Å². The minimum absolute atomic E-state index is 0.584. The van der Waals surface area contributed by atoms with Crippen molar-refractivity contribution in [2.75, 3.05) is 0 Å².